The van der Waals surface area contributed by atoms with E-state index in [9.17, 15) is 0 Å². The van der Waals surface area contributed by atoms with Crippen molar-refractivity contribution in [2.24, 2.45) is 5.73 Å². The van der Waals surface area contributed by atoms with Crippen LogP contribution in [0.3, 0.4) is 0 Å². The quantitative estimate of drug-likeness (QED) is 0.840. The van der Waals surface area contributed by atoms with E-state index in [2.05, 4.69) is 10.2 Å². The first-order valence-corrected chi connectivity index (χ1v) is 5.25. The Balaban J connectivity index is 2.47. The summed E-state index contributed by atoms with van der Waals surface area (Å²) < 4.78 is 10.5. The number of methoxy groups -OCH3 is 2. The lowest BCUT2D eigenvalue weighted by Gasteiger charge is -2.08. The number of hydrogen-bond donors (Lipinski definition) is 2. The molecule has 0 bridgehead atoms. The molecule has 3 N–H and O–H groups in total. The van der Waals surface area contributed by atoms with Gasteiger partial charge in [0.2, 0.25) is 0 Å². The third-order valence-corrected chi connectivity index (χ3v) is 2.53. The first-order chi connectivity index (χ1) is 8.28. The minimum absolute atomic E-state index is 0.430. The van der Waals surface area contributed by atoms with Crippen LogP contribution in [-0.4, -0.2) is 24.4 Å². The summed E-state index contributed by atoms with van der Waals surface area (Å²) in [4.78, 5) is 0. The van der Waals surface area contributed by atoms with E-state index < -0.39 is 0 Å². The Kier molecular flexibility index (Phi) is 3.30. The number of rotatable bonds is 4. The van der Waals surface area contributed by atoms with Crippen molar-refractivity contribution in [3.8, 4) is 22.8 Å². The fraction of sp³-hybridized carbons (Fsp3) is 0.250. The summed E-state index contributed by atoms with van der Waals surface area (Å²) in [5.74, 6) is 1.51. The second-order valence-electron chi connectivity index (χ2n) is 3.55. The number of aromatic nitrogens is 2. The summed E-state index contributed by atoms with van der Waals surface area (Å²) >= 11 is 0. The summed E-state index contributed by atoms with van der Waals surface area (Å²) in [5, 5.41) is 7.07. The summed E-state index contributed by atoms with van der Waals surface area (Å²) in [6.45, 7) is 0.430. The fourth-order valence-electron chi connectivity index (χ4n) is 1.62. The number of benzene rings is 1. The molecule has 0 atom stereocenters. The van der Waals surface area contributed by atoms with Gasteiger partial charge >= 0.3 is 0 Å². The van der Waals surface area contributed by atoms with Crippen molar-refractivity contribution >= 4 is 0 Å². The van der Waals surface area contributed by atoms with Gasteiger partial charge in [0.1, 0.15) is 11.5 Å². The number of nitrogens with zero attached hydrogens (tertiary/aromatic N) is 1. The normalized spacial score (nSPS) is 10.3. The van der Waals surface area contributed by atoms with Gasteiger partial charge in [-0.05, 0) is 24.3 Å². The van der Waals surface area contributed by atoms with Crippen molar-refractivity contribution in [1.82, 2.24) is 10.2 Å². The lowest BCUT2D eigenvalue weighted by molar-refractivity contribution is 0.404. The molecule has 1 heterocycles. The average Bonchev–Trinajstić information content (AvgIpc) is 2.86. The molecule has 2 aromatic rings. The third kappa shape index (κ3) is 2.24. The van der Waals surface area contributed by atoms with Crippen molar-refractivity contribution in [2.75, 3.05) is 14.2 Å². The van der Waals surface area contributed by atoms with Gasteiger partial charge in [0.15, 0.2) is 0 Å². The summed E-state index contributed by atoms with van der Waals surface area (Å²) in [5.41, 5.74) is 8.09. The molecule has 0 saturated carbocycles. The molecule has 0 fully saturated rings. The van der Waals surface area contributed by atoms with Crippen molar-refractivity contribution in [3.05, 3.63) is 30.0 Å². The van der Waals surface area contributed by atoms with E-state index in [0.717, 1.165) is 28.5 Å². The zero-order valence-corrected chi connectivity index (χ0v) is 9.86. The van der Waals surface area contributed by atoms with E-state index >= 15 is 0 Å². The second-order valence-corrected chi connectivity index (χ2v) is 3.55. The Morgan fingerprint density at radius 2 is 2.06 bits per heavy atom. The molecule has 5 heteroatoms. The topological polar surface area (TPSA) is 73.2 Å². The van der Waals surface area contributed by atoms with Crippen LogP contribution in [-0.2, 0) is 6.54 Å². The van der Waals surface area contributed by atoms with Gasteiger partial charge in [-0.1, -0.05) is 0 Å². The minimum atomic E-state index is 0.430. The maximum Gasteiger partial charge on any atom is 0.128 e. The van der Waals surface area contributed by atoms with Crippen LogP contribution < -0.4 is 15.2 Å². The number of aromatic amines is 1. The van der Waals surface area contributed by atoms with Crippen LogP contribution in [0.2, 0.25) is 0 Å². The maximum absolute atomic E-state index is 5.54. The molecule has 0 aliphatic carbocycles. The molecule has 5 nitrogen and oxygen atoms in total. The standard InChI is InChI=1S/C12H15N3O2/c1-16-9-3-4-12(17-2)10(6-9)11-5-8(7-13)14-15-11/h3-6H,7,13H2,1-2H3,(H,14,15). The molecule has 1 aromatic carbocycles. The van der Waals surface area contributed by atoms with Crippen molar-refractivity contribution < 1.29 is 9.47 Å². The predicted molar refractivity (Wildman–Crippen MR) is 65.0 cm³/mol. The Bertz CT molecular complexity index is 508. The van der Waals surface area contributed by atoms with E-state index in [1.807, 2.05) is 24.3 Å². The highest BCUT2D eigenvalue weighted by atomic mass is 16.5. The Morgan fingerprint density at radius 3 is 2.65 bits per heavy atom. The van der Waals surface area contributed by atoms with E-state index in [4.69, 9.17) is 15.2 Å². The smallest absolute Gasteiger partial charge is 0.128 e. The third-order valence-electron chi connectivity index (χ3n) is 2.53. The van der Waals surface area contributed by atoms with Crippen molar-refractivity contribution in [1.29, 1.82) is 0 Å². The van der Waals surface area contributed by atoms with Crippen LogP contribution in [0.4, 0.5) is 0 Å². The molecule has 0 aliphatic heterocycles. The largest absolute Gasteiger partial charge is 0.497 e. The molecule has 17 heavy (non-hydrogen) atoms. The van der Waals surface area contributed by atoms with Gasteiger partial charge in [-0.3, -0.25) is 5.10 Å². The fourth-order valence-corrected chi connectivity index (χ4v) is 1.62. The molecule has 90 valence electrons. The van der Waals surface area contributed by atoms with E-state index in [1.54, 1.807) is 14.2 Å². The second kappa shape index (κ2) is 4.88. The monoisotopic (exact) mass is 233 g/mol. The van der Waals surface area contributed by atoms with Gasteiger partial charge in [0, 0.05) is 17.8 Å². The van der Waals surface area contributed by atoms with Crippen LogP contribution in [0, 0.1) is 0 Å². The van der Waals surface area contributed by atoms with E-state index in [-0.39, 0.29) is 0 Å². The summed E-state index contributed by atoms with van der Waals surface area (Å²) in [7, 11) is 3.25. The van der Waals surface area contributed by atoms with Crippen LogP contribution in [0.1, 0.15) is 5.69 Å². The van der Waals surface area contributed by atoms with Crippen molar-refractivity contribution in [3.63, 3.8) is 0 Å². The van der Waals surface area contributed by atoms with Gasteiger partial charge in [0.05, 0.1) is 19.9 Å². The molecule has 0 amide bonds. The molecule has 0 unspecified atom stereocenters. The first kappa shape index (κ1) is 11.5. The van der Waals surface area contributed by atoms with Crippen LogP contribution >= 0.6 is 0 Å². The molecule has 2 rings (SSSR count). The zero-order chi connectivity index (χ0) is 12.3. The average molecular weight is 233 g/mol. The minimum Gasteiger partial charge on any atom is -0.497 e. The van der Waals surface area contributed by atoms with Crippen LogP contribution in [0.15, 0.2) is 24.3 Å². The molecular formula is C12H15N3O2. The number of nitrogens with two attached hydrogens (primary N) is 1. The molecule has 0 spiro atoms. The molecule has 0 radical (unpaired) electrons. The maximum atomic E-state index is 5.54. The highest BCUT2D eigenvalue weighted by Gasteiger charge is 2.10. The molecule has 1 aromatic heterocycles. The van der Waals surface area contributed by atoms with E-state index in [1.165, 1.54) is 0 Å². The van der Waals surface area contributed by atoms with Gasteiger partial charge in [-0.15, -0.1) is 0 Å². The van der Waals surface area contributed by atoms with E-state index in [0.29, 0.717) is 6.54 Å². The number of nitrogens with one attached hydrogen (secondary N) is 1. The van der Waals surface area contributed by atoms with Gasteiger partial charge in [-0.25, -0.2) is 0 Å². The SMILES string of the molecule is COc1ccc(OC)c(-c2cc(CN)[nH]n2)c1. The highest BCUT2D eigenvalue weighted by molar-refractivity contribution is 5.69. The lowest BCUT2D eigenvalue weighted by atomic mass is 10.1. The van der Waals surface area contributed by atoms with Crippen LogP contribution in [0.5, 0.6) is 11.5 Å². The first-order valence-electron chi connectivity index (χ1n) is 5.25. The zero-order valence-electron chi connectivity index (χ0n) is 9.86. The highest BCUT2D eigenvalue weighted by Crippen LogP contribution is 2.32. The lowest BCUT2D eigenvalue weighted by Crippen LogP contribution is -1.95. The summed E-state index contributed by atoms with van der Waals surface area (Å²) in [6, 6.07) is 7.48. The Hall–Kier alpha value is -2.01. The predicted octanol–water partition coefficient (Wildman–Crippen LogP) is 1.55. The number of hydrogen-bond acceptors (Lipinski definition) is 4. The Morgan fingerprint density at radius 1 is 1.24 bits per heavy atom. The van der Waals surface area contributed by atoms with Gasteiger partial charge in [-0.2, -0.15) is 5.10 Å². The van der Waals surface area contributed by atoms with Gasteiger partial charge < -0.3 is 15.2 Å². The number of H-pyrrole nitrogens is 1. The number of ether oxygens (including phenoxy) is 2. The van der Waals surface area contributed by atoms with Crippen LogP contribution in [0.25, 0.3) is 11.3 Å². The van der Waals surface area contributed by atoms with Crippen molar-refractivity contribution in [2.45, 2.75) is 6.54 Å². The molecular weight excluding hydrogens is 218 g/mol. The molecule has 0 saturated heterocycles. The molecule has 0 aliphatic rings. The Labute approximate surface area is 99.5 Å². The summed E-state index contributed by atoms with van der Waals surface area (Å²) in [6.07, 6.45) is 0. The van der Waals surface area contributed by atoms with Gasteiger partial charge in [0.25, 0.3) is 0 Å².